The molecular weight excluding hydrogens is 389 g/mol. The molecule has 146 valence electrons. The third-order valence-electron chi connectivity index (χ3n) is 3.66. The quantitative estimate of drug-likeness (QED) is 0.533. The second-order valence-electron chi connectivity index (χ2n) is 5.67. The summed E-state index contributed by atoms with van der Waals surface area (Å²) < 4.78 is 28.7. The molecule has 1 N–H and O–H groups in total. The van der Waals surface area contributed by atoms with Crippen molar-refractivity contribution in [1.82, 2.24) is 0 Å². The van der Waals surface area contributed by atoms with Crippen LogP contribution in [0.1, 0.15) is 10.4 Å². The van der Waals surface area contributed by atoms with Gasteiger partial charge in [0.25, 0.3) is 0 Å². The summed E-state index contributed by atoms with van der Waals surface area (Å²) in [7, 11) is 0. The molecule has 0 unspecified atom stereocenters. The highest BCUT2D eigenvalue weighted by atomic mass is 32.2. The minimum Gasteiger partial charge on any atom is -0.457 e. The van der Waals surface area contributed by atoms with Gasteiger partial charge in [-0.3, -0.25) is 14.4 Å². The number of carbonyl (C=O) groups is 3. The van der Waals surface area contributed by atoms with E-state index in [-0.39, 0.29) is 29.8 Å². The standard InChI is InChI=1S/C19H16FNO6S/c20-13-3-1-2-4-14(13)21-18(23)9-28-10-19(24)25-8-15(22)12-5-6-16-17(7-12)27-11-26-16/h1-7H,8-11H2,(H,21,23). The Labute approximate surface area is 164 Å². The first kappa shape index (κ1) is 19.7. The third kappa shape index (κ3) is 5.23. The van der Waals surface area contributed by atoms with Gasteiger partial charge in [0.05, 0.1) is 17.2 Å². The Morgan fingerprint density at radius 2 is 1.86 bits per heavy atom. The summed E-state index contributed by atoms with van der Waals surface area (Å²) in [6, 6.07) is 10.5. The van der Waals surface area contributed by atoms with E-state index in [0.29, 0.717) is 17.1 Å². The fourth-order valence-corrected chi connectivity index (χ4v) is 2.93. The number of hydrogen-bond donors (Lipinski definition) is 1. The normalized spacial score (nSPS) is 11.8. The lowest BCUT2D eigenvalue weighted by Crippen LogP contribution is -2.18. The van der Waals surface area contributed by atoms with Gasteiger partial charge in [0.15, 0.2) is 23.9 Å². The summed E-state index contributed by atoms with van der Waals surface area (Å²) in [6.07, 6.45) is 0. The van der Waals surface area contributed by atoms with E-state index < -0.39 is 24.3 Å². The van der Waals surface area contributed by atoms with Crippen molar-refractivity contribution in [1.29, 1.82) is 0 Å². The van der Waals surface area contributed by atoms with Crippen molar-refractivity contribution < 1.29 is 33.0 Å². The molecule has 7 nitrogen and oxygen atoms in total. The summed E-state index contributed by atoms with van der Waals surface area (Å²) >= 11 is 1.00. The highest BCUT2D eigenvalue weighted by Gasteiger charge is 2.17. The largest absolute Gasteiger partial charge is 0.457 e. The number of amides is 1. The highest BCUT2D eigenvalue weighted by Crippen LogP contribution is 2.32. The molecule has 0 spiro atoms. The molecule has 0 fully saturated rings. The Morgan fingerprint density at radius 1 is 1.07 bits per heavy atom. The molecule has 0 atom stereocenters. The molecule has 0 radical (unpaired) electrons. The molecule has 1 aliphatic heterocycles. The van der Waals surface area contributed by atoms with Crippen molar-refractivity contribution in [2.45, 2.75) is 0 Å². The first-order chi connectivity index (χ1) is 13.5. The number of ether oxygens (including phenoxy) is 3. The zero-order valence-corrected chi connectivity index (χ0v) is 15.4. The number of carbonyl (C=O) groups excluding carboxylic acids is 3. The van der Waals surface area contributed by atoms with Gasteiger partial charge in [-0.05, 0) is 30.3 Å². The minimum atomic E-state index is -0.627. The number of halogens is 1. The van der Waals surface area contributed by atoms with E-state index in [9.17, 15) is 18.8 Å². The molecule has 0 saturated heterocycles. The molecule has 1 amide bonds. The van der Waals surface area contributed by atoms with Crippen LogP contribution in [-0.2, 0) is 14.3 Å². The molecule has 0 saturated carbocycles. The lowest BCUT2D eigenvalue weighted by atomic mass is 10.1. The van der Waals surface area contributed by atoms with Gasteiger partial charge < -0.3 is 19.5 Å². The SMILES string of the molecule is O=C(CSCC(=O)OCC(=O)c1ccc2c(c1)OCO2)Nc1ccccc1F. The summed E-state index contributed by atoms with van der Waals surface area (Å²) in [6.45, 7) is -0.315. The first-order valence-corrected chi connectivity index (χ1v) is 9.39. The Balaban J connectivity index is 1.37. The van der Waals surface area contributed by atoms with Crippen LogP contribution in [0.4, 0.5) is 10.1 Å². The number of ketones is 1. The van der Waals surface area contributed by atoms with Crippen LogP contribution < -0.4 is 14.8 Å². The van der Waals surface area contributed by atoms with E-state index in [1.165, 1.54) is 24.3 Å². The zero-order chi connectivity index (χ0) is 19.9. The second-order valence-corrected chi connectivity index (χ2v) is 6.66. The van der Waals surface area contributed by atoms with E-state index in [1.54, 1.807) is 18.2 Å². The Bertz CT molecular complexity index is 904. The Kier molecular flexibility index (Phi) is 6.49. The zero-order valence-electron chi connectivity index (χ0n) is 14.6. The minimum absolute atomic E-state index is 0.0560. The number of fused-ring (bicyclic) bond motifs is 1. The van der Waals surface area contributed by atoms with E-state index in [2.05, 4.69) is 5.32 Å². The lowest BCUT2D eigenvalue weighted by molar-refractivity contribution is -0.139. The predicted molar refractivity (Wildman–Crippen MR) is 100 cm³/mol. The lowest BCUT2D eigenvalue weighted by Gasteiger charge is -2.07. The number of nitrogens with one attached hydrogen (secondary N) is 1. The van der Waals surface area contributed by atoms with Gasteiger partial charge in [-0.1, -0.05) is 12.1 Å². The van der Waals surface area contributed by atoms with Crippen molar-refractivity contribution in [3.63, 3.8) is 0 Å². The number of para-hydroxylation sites is 1. The highest BCUT2D eigenvalue weighted by molar-refractivity contribution is 8.00. The van der Waals surface area contributed by atoms with Crippen LogP contribution in [0.15, 0.2) is 42.5 Å². The van der Waals surface area contributed by atoms with Crippen molar-refractivity contribution in [2.24, 2.45) is 0 Å². The number of hydrogen-bond acceptors (Lipinski definition) is 7. The Hall–Kier alpha value is -3.07. The molecule has 1 heterocycles. The fraction of sp³-hybridized carbons (Fsp3) is 0.211. The molecule has 9 heteroatoms. The fourth-order valence-electron chi connectivity index (χ4n) is 2.32. The van der Waals surface area contributed by atoms with Gasteiger partial charge in [-0.25, -0.2) is 4.39 Å². The molecular formula is C19H16FNO6S. The van der Waals surface area contributed by atoms with E-state index >= 15 is 0 Å². The van der Waals surface area contributed by atoms with Gasteiger partial charge in [0.2, 0.25) is 12.7 Å². The van der Waals surface area contributed by atoms with Crippen molar-refractivity contribution >= 4 is 35.1 Å². The van der Waals surface area contributed by atoms with Gasteiger partial charge in [-0.2, -0.15) is 0 Å². The average molecular weight is 405 g/mol. The summed E-state index contributed by atoms with van der Waals surface area (Å²) in [5.41, 5.74) is 0.416. The number of anilines is 1. The maximum absolute atomic E-state index is 13.4. The molecule has 0 aromatic heterocycles. The number of esters is 1. The van der Waals surface area contributed by atoms with Crippen LogP contribution in [0.3, 0.4) is 0 Å². The molecule has 3 rings (SSSR count). The van der Waals surface area contributed by atoms with Gasteiger partial charge in [0, 0.05) is 5.56 Å². The molecule has 28 heavy (non-hydrogen) atoms. The number of rotatable bonds is 8. The number of thioether (sulfide) groups is 1. The maximum Gasteiger partial charge on any atom is 0.316 e. The third-order valence-corrected chi connectivity index (χ3v) is 4.57. The van der Waals surface area contributed by atoms with Crippen LogP contribution in [0, 0.1) is 5.82 Å². The smallest absolute Gasteiger partial charge is 0.316 e. The molecule has 0 aliphatic carbocycles. The van der Waals surface area contributed by atoms with Crippen molar-refractivity contribution in [3.05, 3.63) is 53.8 Å². The summed E-state index contributed by atoms with van der Waals surface area (Å²) in [4.78, 5) is 35.6. The average Bonchev–Trinajstić information content (AvgIpc) is 3.15. The van der Waals surface area contributed by atoms with Crippen LogP contribution in [-0.4, -0.2) is 42.6 Å². The van der Waals surface area contributed by atoms with Crippen LogP contribution in [0.25, 0.3) is 0 Å². The molecule has 2 aromatic carbocycles. The van der Waals surface area contributed by atoms with E-state index in [1.807, 2.05) is 0 Å². The molecule has 1 aliphatic rings. The maximum atomic E-state index is 13.4. The van der Waals surface area contributed by atoms with Crippen LogP contribution >= 0.6 is 11.8 Å². The van der Waals surface area contributed by atoms with E-state index in [4.69, 9.17) is 14.2 Å². The van der Waals surface area contributed by atoms with Crippen LogP contribution in [0.5, 0.6) is 11.5 Å². The first-order valence-electron chi connectivity index (χ1n) is 8.23. The Morgan fingerprint density at radius 3 is 2.68 bits per heavy atom. The monoisotopic (exact) mass is 405 g/mol. The topological polar surface area (TPSA) is 90.9 Å². The second kappa shape index (κ2) is 9.23. The number of Topliss-reactive ketones (excluding diaryl/α,β-unsaturated/α-hetero) is 1. The van der Waals surface area contributed by atoms with Gasteiger partial charge in [0.1, 0.15) is 5.82 Å². The summed E-state index contributed by atoms with van der Waals surface area (Å²) in [5.74, 6) is -1.14. The number of benzene rings is 2. The van der Waals surface area contributed by atoms with Gasteiger partial charge in [-0.15, -0.1) is 11.8 Å². The summed E-state index contributed by atoms with van der Waals surface area (Å²) in [5, 5.41) is 2.41. The van der Waals surface area contributed by atoms with Crippen LogP contribution in [0.2, 0.25) is 0 Å². The van der Waals surface area contributed by atoms with Crippen molar-refractivity contribution in [2.75, 3.05) is 30.2 Å². The van der Waals surface area contributed by atoms with E-state index in [0.717, 1.165) is 11.8 Å². The van der Waals surface area contributed by atoms with Gasteiger partial charge >= 0.3 is 5.97 Å². The predicted octanol–water partition coefficient (Wildman–Crippen LogP) is 2.65. The van der Waals surface area contributed by atoms with Crippen molar-refractivity contribution in [3.8, 4) is 11.5 Å². The molecule has 2 aromatic rings. The molecule has 0 bridgehead atoms.